The molecule has 21 heavy (non-hydrogen) atoms. The Morgan fingerprint density at radius 1 is 1.14 bits per heavy atom. The average Bonchev–Trinajstić information content (AvgIpc) is 2.42. The van der Waals surface area contributed by atoms with Crippen LogP contribution in [0.2, 0.25) is 0 Å². The van der Waals surface area contributed by atoms with Crippen LogP contribution in [-0.4, -0.2) is 22.1 Å². The zero-order chi connectivity index (χ0) is 15.6. The van der Waals surface area contributed by atoms with Gasteiger partial charge in [0, 0.05) is 17.5 Å². The molecule has 5 nitrogen and oxygen atoms in total. The minimum atomic E-state index is -1.00. The van der Waals surface area contributed by atoms with Gasteiger partial charge >= 0.3 is 5.97 Å². The standard InChI is InChI=1S/C16H17NO4/c1-9-7-11-8-12(17-14(18)5-6-15(19)20)3-4-13(11)16(21)10(9)2/h3-4,7-8,21H,5-6H2,1-2H3,(H,17,18)(H,19,20). The minimum Gasteiger partial charge on any atom is -0.507 e. The first-order chi connectivity index (χ1) is 9.88. The van der Waals surface area contributed by atoms with Crippen LogP contribution >= 0.6 is 0 Å². The lowest BCUT2D eigenvalue weighted by molar-refractivity contribution is -0.138. The van der Waals surface area contributed by atoms with Gasteiger partial charge in [-0.25, -0.2) is 0 Å². The summed E-state index contributed by atoms with van der Waals surface area (Å²) in [5.74, 6) is -1.10. The van der Waals surface area contributed by atoms with E-state index in [-0.39, 0.29) is 24.5 Å². The van der Waals surface area contributed by atoms with Gasteiger partial charge in [-0.05, 0) is 48.6 Å². The van der Waals surface area contributed by atoms with E-state index >= 15 is 0 Å². The molecule has 0 atom stereocenters. The van der Waals surface area contributed by atoms with E-state index in [1.54, 1.807) is 18.2 Å². The number of phenols is 1. The lowest BCUT2D eigenvalue weighted by Crippen LogP contribution is -2.13. The molecule has 0 spiro atoms. The van der Waals surface area contributed by atoms with E-state index in [9.17, 15) is 14.7 Å². The van der Waals surface area contributed by atoms with Crippen LogP contribution in [0.25, 0.3) is 10.8 Å². The zero-order valence-electron chi connectivity index (χ0n) is 11.9. The lowest BCUT2D eigenvalue weighted by Gasteiger charge is -2.10. The summed E-state index contributed by atoms with van der Waals surface area (Å²) < 4.78 is 0. The monoisotopic (exact) mass is 287 g/mol. The van der Waals surface area contributed by atoms with Gasteiger partial charge in [-0.1, -0.05) is 6.07 Å². The fraction of sp³-hybridized carbons (Fsp3) is 0.250. The Morgan fingerprint density at radius 3 is 2.52 bits per heavy atom. The Balaban J connectivity index is 2.25. The Hall–Kier alpha value is -2.56. The quantitative estimate of drug-likeness (QED) is 0.806. The van der Waals surface area contributed by atoms with Gasteiger partial charge in [-0.2, -0.15) is 0 Å². The van der Waals surface area contributed by atoms with Crippen molar-refractivity contribution in [2.24, 2.45) is 0 Å². The number of fused-ring (bicyclic) bond motifs is 1. The Kier molecular flexibility index (Phi) is 4.12. The van der Waals surface area contributed by atoms with E-state index in [0.717, 1.165) is 21.9 Å². The highest BCUT2D eigenvalue weighted by molar-refractivity contribution is 5.97. The van der Waals surface area contributed by atoms with Gasteiger partial charge < -0.3 is 15.5 Å². The number of rotatable bonds is 4. The predicted molar refractivity (Wildman–Crippen MR) is 80.6 cm³/mol. The first kappa shape index (κ1) is 14.8. The topological polar surface area (TPSA) is 86.6 Å². The molecule has 5 heteroatoms. The number of phenolic OH excluding ortho intramolecular Hbond substituents is 1. The second kappa shape index (κ2) is 5.83. The number of aryl methyl sites for hydroxylation is 1. The smallest absolute Gasteiger partial charge is 0.303 e. The lowest BCUT2D eigenvalue weighted by atomic mass is 10.0. The molecule has 3 N–H and O–H groups in total. The Labute approximate surface area is 122 Å². The molecule has 0 fully saturated rings. The molecule has 2 aromatic carbocycles. The number of aromatic hydroxyl groups is 1. The fourth-order valence-corrected chi connectivity index (χ4v) is 2.15. The van der Waals surface area contributed by atoms with Crippen molar-refractivity contribution >= 4 is 28.3 Å². The van der Waals surface area contributed by atoms with Gasteiger partial charge in [-0.3, -0.25) is 9.59 Å². The number of amides is 1. The van der Waals surface area contributed by atoms with Crippen molar-refractivity contribution in [1.29, 1.82) is 0 Å². The second-order valence-corrected chi connectivity index (χ2v) is 5.04. The number of hydrogen-bond acceptors (Lipinski definition) is 3. The molecule has 0 heterocycles. The molecule has 110 valence electrons. The van der Waals surface area contributed by atoms with Gasteiger partial charge in [0.1, 0.15) is 5.75 Å². The van der Waals surface area contributed by atoms with E-state index in [0.29, 0.717) is 5.69 Å². The number of benzene rings is 2. The Morgan fingerprint density at radius 2 is 1.86 bits per heavy atom. The normalized spacial score (nSPS) is 10.6. The number of carboxylic acid groups (broad SMARTS) is 1. The van der Waals surface area contributed by atoms with Crippen LogP contribution in [0.4, 0.5) is 5.69 Å². The number of nitrogens with one attached hydrogen (secondary N) is 1. The van der Waals surface area contributed by atoms with Crippen molar-refractivity contribution in [2.45, 2.75) is 26.7 Å². The molecule has 0 aliphatic heterocycles. The number of carbonyl (C=O) groups is 2. The maximum absolute atomic E-state index is 11.6. The minimum absolute atomic E-state index is 0.0639. The van der Waals surface area contributed by atoms with Crippen molar-refractivity contribution < 1.29 is 19.8 Å². The Bertz CT molecular complexity index is 722. The van der Waals surface area contributed by atoms with Gasteiger partial charge in [-0.15, -0.1) is 0 Å². The van der Waals surface area contributed by atoms with E-state index in [4.69, 9.17) is 5.11 Å². The molecule has 0 saturated carbocycles. The van der Waals surface area contributed by atoms with E-state index in [1.165, 1.54) is 0 Å². The van der Waals surface area contributed by atoms with Crippen LogP contribution in [0.5, 0.6) is 5.75 Å². The maximum Gasteiger partial charge on any atom is 0.303 e. The van der Waals surface area contributed by atoms with Crippen molar-refractivity contribution in [3.8, 4) is 5.75 Å². The molecule has 1 amide bonds. The molecule has 0 unspecified atom stereocenters. The molecule has 0 radical (unpaired) electrons. The van der Waals surface area contributed by atoms with Gasteiger partial charge in [0.05, 0.1) is 6.42 Å². The van der Waals surface area contributed by atoms with Gasteiger partial charge in [0.25, 0.3) is 0 Å². The van der Waals surface area contributed by atoms with E-state index in [2.05, 4.69) is 5.32 Å². The highest BCUT2D eigenvalue weighted by Gasteiger charge is 2.09. The maximum atomic E-state index is 11.6. The molecule has 0 aliphatic rings. The highest BCUT2D eigenvalue weighted by Crippen LogP contribution is 2.32. The van der Waals surface area contributed by atoms with Crippen molar-refractivity contribution in [3.05, 3.63) is 35.4 Å². The summed E-state index contributed by atoms with van der Waals surface area (Å²) in [5, 5.41) is 22.9. The largest absolute Gasteiger partial charge is 0.507 e. The van der Waals surface area contributed by atoms with Crippen molar-refractivity contribution in [1.82, 2.24) is 0 Å². The number of anilines is 1. The molecule has 0 aliphatic carbocycles. The molecular formula is C16H17NO4. The van der Waals surface area contributed by atoms with Gasteiger partial charge in [0.15, 0.2) is 0 Å². The highest BCUT2D eigenvalue weighted by atomic mass is 16.4. The van der Waals surface area contributed by atoms with Crippen LogP contribution in [0.3, 0.4) is 0 Å². The summed E-state index contributed by atoms with van der Waals surface area (Å²) in [6.45, 7) is 3.76. The molecule has 0 aromatic heterocycles. The third-order valence-corrected chi connectivity index (χ3v) is 3.48. The summed E-state index contributed by atoms with van der Waals surface area (Å²) >= 11 is 0. The molecule has 0 bridgehead atoms. The first-order valence-electron chi connectivity index (χ1n) is 6.63. The number of carbonyl (C=O) groups excluding carboxylic acids is 1. The van der Waals surface area contributed by atoms with Crippen molar-refractivity contribution in [2.75, 3.05) is 5.32 Å². The third kappa shape index (κ3) is 3.31. The number of carboxylic acids is 1. The van der Waals surface area contributed by atoms with Gasteiger partial charge in [0.2, 0.25) is 5.91 Å². The van der Waals surface area contributed by atoms with Crippen LogP contribution in [-0.2, 0) is 9.59 Å². The SMILES string of the molecule is Cc1cc2cc(NC(=O)CCC(=O)O)ccc2c(O)c1C. The van der Waals surface area contributed by atoms with Crippen LogP contribution in [0.1, 0.15) is 24.0 Å². The zero-order valence-corrected chi connectivity index (χ0v) is 11.9. The predicted octanol–water partition coefficient (Wildman–Crippen LogP) is 2.97. The van der Waals surface area contributed by atoms with E-state index < -0.39 is 5.97 Å². The number of hydrogen-bond donors (Lipinski definition) is 3. The molecule has 0 saturated heterocycles. The van der Waals surface area contributed by atoms with Crippen LogP contribution in [0, 0.1) is 13.8 Å². The molecule has 2 rings (SSSR count). The summed E-state index contributed by atoms with van der Waals surface area (Å²) in [5.41, 5.74) is 2.38. The summed E-state index contributed by atoms with van der Waals surface area (Å²) in [6.07, 6.45) is -0.260. The van der Waals surface area contributed by atoms with Crippen molar-refractivity contribution in [3.63, 3.8) is 0 Å². The summed E-state index contributed by atoms with van der Waals surface area (Å²) in [6, 6.07) is 7.14. The fourth-order valence-electron chi connectivity index (χ4n) is 2.15. The molecule has 2 aromatic rings. The van der Waals surface area contributed by atoms with Crippen LogP contribution in [0.15, 0.2) is 24.3 Å². The third-order valence-electron chi connectivity index (χ3n) is 3.48. The van der Waals surface area contributed by atoms with E-state index in [1.807, 2.05) is 19.9 Å². The second-order valence-electron chi connectivity index (χ2n) is 5.04. The summed E-state index contributed by atoms with van der Waals surface area (Å²) in [7, 11) is 0. The summed E-state index contributed by atoms with van der Waals surface area (Å²) in [4.78, 5) is 22.0. The first-order valence-corrected chi connectivity index (χ1v) is 6.63. The average molecular weight is 287 g/mol. The molecular weight excluding hydrogens is 270 g/mol. The number of aliphatic carboxylic acids is 1. The van der Waals surface area contributed by atoms with Crippen LogP contribution < -0.4 is 5.32 Å².